The number of amides is 3. The van der Waals surface area contributed by atoms with Gasteiger partial charge in [-0.25, -0.2) is 29.3 Å². The van der Waals surface area contributed by atoms with Gasteiger partial charge in [-0.2, -0.15) is 0 Å². The van der Waals surface area contributed by atoms with Crippen molar-refractivity contribution < 1.29 is 43.0 Å². The Bertz CT molecular complexity index is 3890. The van der Waals surface area contributed by atoms with Gasteiger partial charge >= 0.3 is 17.9 Å². The Morgan fingerprint density at radius 2 is 0.707 bits per heavy atom. The lowest BCUT2D eigenvalue weighted by molar-refractivity contribution is 0.0591. The maximum Gasteiger partial charge on any atom is 0.338 e. The third-order valence-electron chi connectivity index (χ3n) is 14.5. The van der Waals surface area contributed by atoms with E-state index in [2.05, 4.69) is 30.9 Å². The van der Waals surface area contributed by atoms with Crippen molar-refractivity contribution in [3.8, 4) is 0 Å². The molecular weight excluding hydrogens is 1230 g/mol. The second-order valence-electron chi connectivity index (χ2n) is 19.5. The van der Waals surface area contributed by atoms with Crippen LogP contribution in [0.15, 0.2) is 140 Å². The maximum absolute atomic E-state index is 13.0. The van der Waals surface area contributed by atoms with Gasteiger partial charge in [-0.05, 0) is 121 Å². The molecule has 0 unspecified atom stereocenters. The van der Waals surface area contributed by atoms with Gasteiger partial charge in [0.15, 0.2) is 0 Å². The molecule has 3 heterocycles. The van der Waals surface area contributed by atoms with Crippen LogP contribution in [0.25, 0.3) is 32.3 Å². The molecular formula is C71H80Cl3N9O9. The van der Waals surface area contributed by atoms with Crippen molar-refractivity contribution in [1.29, 1.82) is 0 Å². The molecule has 0 aliphatic carbocycles. The van der Waals surface area contributed by atoms with Gasteiger partial charge in [0.25, 0.3) is 17.7 Å². The van der Waals surface area contributed by atoms with E-state index in [-0.39, 0.29) is 17.7 Å². The fourth-order valence-corrected chi connectivity index (χ4v) is 10.6. The number of esters is 3. The summed E-state index contributed by atoms with van der Waals surface area (Å²) in [7, 11) is 4.03. The fourth-order valence-electron chi connectivity index (χ4n) is 9.79. The number of hydrogen-bond acceptors (Lipinski definition) is 15. The zero-order chi connectivity index (χ0) is 67.8. The molecule has 3 amide bonds. The molecule has 9 rings (SSSR count). The monoisotopic (exact) mass is 1310 g/mol. The van der Waals surface area contributed by atoms with Crippen LogP contribution in [-0.4, -0.2) is 126 Å². The van der Waals surface area contributed by atoms with Crippen molar-refractivity contribution in [3.05, 3.63) is 194 Å². The summed E-state index contributed by atoms with van der Waals surface area (Å²) < 4.78 is 14.4. The van der Waals surface area contributed by atoms with Crippen LogP contribution in [0, 0.1) is 6.92 Å². The predicted molar refractivity (Wildman–Crippen MR) is 373 cm³/mol. The van der Waals surface area contributed by atoms with Crippen molar-refractivity contribution in [2.75, 3.05) is 76.5 Å². The van der Waals surface area contributed by atoms with Gasteiger partial charge in [-0.1, -0.05) is 117 Å². The number of halogens is 3. The number of benzene rings is 6. The predicted octanol–water partition coefficient (Wildman–Crippen LogP) is 17.1. The molecule has 3 aromatic heterocycles. The van der Waals surface area contributed by atoms with Crippen LogP contribution in [0.4, 0.5) is 34.5 Å². The number of carbonyl (C=O) groups excluding carboxylic acids is 6. The normalized spacial score (nSPS) is 10.3. The highest BCUT2D eigenvalue weighted by atomic mass is 35.5. The SMILES string of the molecule is CC.CC.CCN(CC)C(=O)c1cnc(Nc2cccc(C(=O)OC)c2)c2cccc(Cl)c12.CCN(CC)C(=O)c1cnc(Nc2cccc(C(=O)OC)c2)c2cccc(Cl)c12.CCN(CC)C(=O)c1cnc(Nc2cccc(C(=O)OC)c2C)c2cccc(Cl)c12. The van der Waals surface area contributed by atoms with Crippen molar-refractivity contribution >= 4 is 137 Å². The van der Waals surface area contributed by atoms with Crippen molar-refractivity contribution in [1.82, 2.24) is 29.7 Å². The summed E-state index contributed by atoms with van der Waals surface area (Å²) in [6.07, 6.45) is 4.64. The number of ether oxygens (including phenoxy) is 3. The summed E-state index contributed by atoms with van der Waals surface area (Å²) in [5, 5.41) is 15.3. The van der Waals surface area contributed by atoms with E-state index in [1.807, 2.05) is 131 Å². The van der Waals surface area contributed by atoms with Crippen LogP contribution in [0.5, 0.6) is 0 Å². The Morgan fingerprint density at radius 3 is 1.02 bits per heavy atom. The Kier molecular flexibility index (Phi) is 28.6. The van der Waals surface area contributed by atoms with E-state index in [0.717, 1.165) is 27.4 Å². The highest BCUT2D eigenvalue weighted by Crippen LogP contribution is 2.37. The molecule has 0 fully saturated rings. The molecule has 0 saturated carbocycles. The average Bonchev–Trinajstić information content (AvgIpc) is 0.807. The number of pyridine rings is 3. The third-order valence-corrected chi connectivity index (χ3v) is 15.5. The summed E-state index contributed by atoms with van der Waals surface area (Å²) in [4.78, 5) is 93.2. The second-order valence-corrected chi connectivity index (χ2v) is 20.7. The van der Waals surface area contributed by atoms with Gasteiger partial charge in [0.2, 0.25) is 0 Å². The largest absolute Gasteiger partial charge is 0.465 e. The van der Waals surface area contributed by atoms with Crippen LogP contribution in [-0.2, 0) is 14.2 Å². The highest BCUT2D eigenvalue weighted by molar-refractivity contribution is 6.38. The summed E-state index contributed by atoms with van der Waals surface area (Å²) in [6.45, 7) is 25.0. The van der Waals surface area contributed by atoms with Crippen LogP contribution in [0.1, 0.15) is 137 Å². The lowest BCUT2D eigenvalue weighted by atomic mass is 10.0. The van der Waals surface area contributed by atoms with Gasteiger partial charge in [0, 0.05) is 122 Å². The van der Waals surface area contributed by atoms with Crippen LogP contribution < -0.4 is 16.0 Å². The molecule has 6 aromatic carbocycles. The van der Waals surface area contributed by atoms with Crippen LogP contribution >= 0.6 is 34.8 Å². The van der Waals surface area contributed by atoms with Gasteiger partial charge in [0.05, 0.1) is 54.7 Å². The number of nitrogens with one attached hydrogen (secondary N) is 3. The van der Waals surface area contributed by atoms with Crippen molar-refractivity contribution in [3.63, 3.8) is 0 Å². The molecule has 18 nitrogen and oxygen atoms in total. The minimum atomic E-state index is -0.422. The maximum atomic E-state index is 13.0. The number of carbonyl (C=O) groups is 6. The summed E-state index contributed by atoms with van der Waals surface area (Å²) in [5.74, 6) is 0.0529. The van der Waals surface area contributed by atoms with Gasteiger partial charge < -0.3 is 44.9 Å². The quantitative estimate of drug-likeness (QED) is 0.0538. The lowest BCUT2D eigenvalue weighted by Crippen LogP contribution is -2.30. The Hall–Kier alpha value is -9.36. The van der Waals surface area contributed by atoms with E-state index in [0.29, 0.717) is 133 Å². The summed E-state index contributed by atoms with van der Waals surface area (Å²) in [5.41, 5.74) is 5.50. The summed E-state index contributed by atoms with van der Waals surface area (Å²) >= 11 is 19.4. The van der Waals surface area contributed by atoms with Gasteiger partial charge in [0.1, 0.15) is 17.5 Å². The average molecular weight is 1310 g/mol. The number of hydrogen-bond donors (Lipinski definition) is 3. The van der Waals surface area contributed by atoms with Gasteiger partial charge in [-0.3, -0.25) is 14.4 Å². The first-order chi connectivity index (χ1) is 44.4. The molecule has 0 radical (unpaired) electrons. The van der Waals surface area contributed by atoms with Gasteiger partial charge in [-0.15, -0.1) is 0 Å². The fraction of sp³-hybridized carbons (Fsp3) is 0.282. The topological polar surface area (TPSA) is 215 Å². The summed E-state index contributed by atoms with van der Waals surface area (Å²) in [6, 6.07) is 35.5. The van der Waals surface area contributed by atoms with E-state index in [1.165, 1.54) is 21.3 Å². The zero-order valence-electron chi connectivity index (χ0n) is 54.5. The lowest BCUT2D eigenvalue weighted by Gasteiger charge is -2.21. The number of methoxy groups -OCH3 is 3. The molecule has 0 aliphatic rings. The first kappa shape index (κ1) is 73.4. The Balaban J connectivity index is 0.000000244. The number of rotatable bonds is 18. The molecule has 21 heteroatoms. The molecule has 0 atom stereocenters. The molecule has 0 spiro atoms. The third kappa shape index (κ3) is 17.4. The van der Waals surface area contributed by atoms with E-state index < -0.39 is 17.9 Å². The number of aromatic nitrogens is 3. The smallest absolute Gasteiger partial charge is 0.338 e. The first-order valence-electron chi connectivity index (χ1n) is 30.4. The molecule has 3 N–H and O–H groups in total. The Morgan fingerprint density at radius 1 is 0.402 bits per heavy atom. The molecule has 92 heavy (non-hydrogen) atoms. The zero-order valence-corrected chi connectivity index (χ0v) is 56.8. The van der Waals surface area contributed by atoms with E-state index in [4.69, 9.17) is 49.0 Å². The van der Waals surface area contributed by atoms with E-state index >= 15 is 0 Å². The number of nitrogens with zero attached hydrogens (tertiary/aromatic N) is 6. The number of anilines is 6. The molecule has 0 saturated heterocycles. The molecule has 0 aliphatic heterocycles. The van der Waals surface area contributed by atoms with Crippen molar-refractivity contribution in [2.45, 2.75) is 76.2 Å². The first-order valence-corrected chi connectivity index (χ1v) is 31.5. The van der Waals surface area contributed by atoms with E-state index in [1.54, 1.807) is 100 Å². The minimum Gasteiger partial charge on any atom is -0.465 e. The molecule has 9 aromatic rings. The highest BCUT2D eigenvalue weighted by Gasteiger charge is 2.24. The van der Waals surface area contributed by atoms with Crippen LogP contribution in [0.2, 0.25) is 15.1 Å². The standard InChI is InChI=1S/C23H24ClN3O3.2C22H22ClN3O3.2C2H6/c1-5-27(6-2)22(28)17-13-25-21(16-10-7-11-18(24)20(16)17)26-19-12-8-9-15(14(19)3)23(29)30-4;2*1-4-26(5-2)21(27)17-13-24-20(16-10-7-11-18(23)19(16)17)25-15-9-6-8-14(12-15)22(28)29-3;2*1-2/h7-13H,5-6H2,1-4H3,(H,25,26);2*6-13H,4-5H2,1-3H3,(H,24,25);2*1-2H3. The Labute approximate surface area is 553 Å². The van der Waals surface area contributed by atoms with E-state index in [9.17, 15) is 28.8 Å². The van der Waals surface area contributed by atoms with Crippen LogP contribution in [0.3, 0.4) is 0 Å². The minimum absolute atomic E-state index is 0.110. The molecule has 0 bridgehead atoms. The number of fused-ring (bicyclic) bond motifs is 3. The molecule has 484 valence electrons. The van der Waals surface area contributed by atoms with Crippen molar-refractivity contribution in [2.24, 2.45) is 0 Å². The second kappa shape index (κ2) is 35.9.